The lowest BCUT2D eigenvalue weighted by molar-refractivity contribution is -0.143. The summed E-state index contributed by atoms with van der Waals surface area (Å²) in [7, 11) is 0. The van der Waals surface area contributed by atoms with Crippen molar-refractivity contribution in [1.82, 2.24) is 10.6 Å². The van der Waals surface area contributed by atoms with Gasteiger partial charge in [0.25, 0.3) is 0 Å². The van der Waals surface area contributed by atoms with Crippen LogP contribution < -0.4 is 16.4 Å². The predicted molar refractivity (Wildman–Crippen MR) is 118 cm³/mol. The Kier molecular flexibility index (Phi) is 7.57. The van der Waals surface area contributed by atoms with E-state index in [1.165, 1.54) is 6.92 Å². The molecule has 36 heavy (non-hydrogen) atoms. The van der Waals surface area contributed by atoms with E-state index in [1.54, 1.807) is 30.3 Å². The first-order chi connectivity index (χ1) is 16.7. The van der Waals surface area contributed by atoms with E-state index in [0.717, 1.165) is 5.56 Å². The van der Waals surface area contributed by atoms with Crippen molar-refractivity contribution in [2.45, 2.75) is 49.4 Å². The molecule has 0 saturated carbocycles. The number of hydrogen-bond donors (Lipinski definition) is 3. The fraction of sp³-hybridized carbons (Fsp3) is 0.417. The number of carbonyl (C=O) groups is 1. The number of alkyl halides is 6. The van der Waals surface area contributed by atoms with Gasteiger partial charge in [-0.1, -0.05) is 30.3 Å². The number of urea groups is 1. The highest BCUT2D eigenvalue weighted by molar-refractivity contribution is 5.73. The van der Waals surface area contributed by atoms with Crippen LogP contribution in [0.2, 0.25) is 0 Å². The highest BCUT2D eigenvalue weighted by Crippen LogP contribution is 2.39. The highest BCUT2D eigenvalue weighted by atomic mass is 19.4. The first-order valence-electron chi connectivity index (χ1n) is 10.9. The number of primary amides is 1. The molecule has 12 heteroatoms. The third-order valence-corrected chi connectivity index (χ3v) is 6.24. The van der Waals surface area contributed by atoms with Gasteiger partial charge < -0.3 is 10.5 Å². The first-order valence-corrected chi connectivity index (χ1v) is 10.9. The van der Waals surface area contributed by atoms with Gasteiger partial charge in [-0.05, 0) is 42.7 Å². The zero-order chi connectivity index (χ0) is 26.8. The predicted octanol–water partition coefficient (Wildman–Crippen LogP) is 5.36. The Bertz CT molecular complexity index is 1090. The van der Waals surface area contributed by atoms with Gasteiger partial charge in [-0.2, -0.15) is 26.3 Å². The van der Waals surface area contributed by atoms with E-state index in [9.17, 15) is 31.1 Å². The van der Waals surface area contributed by atoms with Crippen LogP contribution >= 0.6 is 0 Å². The van der Waals surface area contributed by atoms with Crippen molar-refractivity contribution in [2.24, 2.45) is 5.73 Å². The molecule has 0 aromatic heterocycles. The van der Waals surface area contributed by atoms with Crippen LogP contribution in [0.5, 0.6) is 0 Å². The van der Waals surface area contributed by atoms with Gasteiger partial charge in [0, 0.05) is 0 Å². The van der Waals surface area contributed by atoms with Crippen LogP contribution in [0.4, 0.5) is 31.1 Å². The zero-order valence-electron chi connectivity index (χ0n) is 19.1. The Morgan fingerprint density at radius 2 is 1.69 bits per heavy atom. The highest BCUT2D eigenvalue weighted by Gasteiger charge is 2.49. The molecular formula is C24H24F6N4O2. The van der Waals surface area contributed by atoms with E-state index in [-0.39, 0.29) is 37.6 Å². The fourth-order valence-corrected chi connectivity index (χ4v) is 4.16. The monoisotopic (exact) mass is 514 g/mol. The van der Waals surface area contributed by atoms with E-state index in [2.05, 4.69) is 15.5 Å². The van der Waals surface area contributed by atoms with Crippen LogP contribution in [0.3, 0.4) is 0 Å². The fourth-order valence-electron chi connectivity index (χ4n) is 4.16. The number of nitrogens with two attached hydrogens (primary N) is 1. The number of hydrogen-bond acceptors (Lipinski definition) is 3. The average molecular weight is 514 g/mol. The lowest BCUT2D eigenvalue weighted by Gasteiger charge is -2.42. The minimum Gasteiger partial charge on any atom is -0.372 e. The number of benzene rings is 2. The summed E-state index contributed by atoms with van der Waals surface area (Å²) in [6.45, 7) is 8.74. The summed E-state index contributed by atoms with van der Waals surface area (Å²) in [5.74, 6) is 0. The van der Waals surface area contributed by atoms with Gasteiger partial charge in [-0.15, -0.1) is 0 Å². The molecule has 2 aromatic rings. The van der Waals surface area contributed by atoms with Gasteiger partial charge in [-0.25, -0.2) is 11.4 Å². The Balaban J connectivity index is 1.89. The minimum absolute atomic E-state index is 0.00610. The molecule has 1 heterocycles. The Hall–Kier alpha value is -3.30. The van der Waals surface area contributed by atoms with Crippen molar-refractivity contribution in [3.05, 3.63) is 82.2 Å². The van der Waals surface area contributed by atoms with E-state index >= 15 is 0 Å². The van der Waals surface area contributed by atoms with Crippen molar-refractivity contribution >= 4 is 6.03 Å². The summed E-state index contributed by atoms with van der Waals surface area (Å²) in [6, 6.07) is 9.39. The van der Waals surface area contributed by atoms with Gasteiger partial charge >= 0.3 is 24.0 Å². The summed E-state index contributed by atoms with van der Waals surface area (Å²) < 4.78 is 85.5. The first kappa shape index (κ1) is 27.3. The maximum Gasteiger partial charge on any atom is 0.416 e. The number of rotatable bonds is 6. The quantitative estimate of drug-likeness (QED) is 0.359. The average Bonchev–Trinajstić information content (AvgIpc) is 2.82. The third-order valence-electron chi connectivity index (χ3n) is 6.24. The second-order valence-corrected chi connectivity index (χ2v) is 8.73. The Morgan fingerprint density at radius 3 is 2.14 bits per heavy atom. The molecule has 0 unspecified atom stereocenters. The molecule has 4 N–H and O–H groups in total. The maximum atomic E-state index is 13.3. The molecule has 1 aliphatic heterocycles. The molecule has 3 rings (SSSR count). The molecule has 3 atom stereocenters. The maximum absolute atomic E-state index is 13.3. The topological polar surface area (TPSA) is 80.7 Å². The molecule has 1 saturated heterocycles. The van der Waals surface area contributed by atoms with Crippen LogP contribution in [0, 0.1) is 6.57 Å². The number of nitrogens with one attached hydrogen (secondary N) is 2. The summed E-state index contributed by atoms with van der Waals surface area (Å²) in [6.07, 6.45) is -10.6. The third kappa shape index (κ3) is 6.09. The number of amides is 2. The van der Waals surface area contributed by atoms with Crippen molar-refractivity contribution in [1.29, 1.82) is 0 Å². The summed E-state index contributed by atoms with van der Waals surface area (Å²) in [5.41, 5.74) is 0.621. The van der Waals surface area contributed by atoms with Gasteiger partial charge in [0.15, 0.2) is 0 Å². The van der Waals surface area contributed by atoms with Gasteiger partial charge in [0.2, 0.25) is 0 Å². The van der Waals surface area contributed by atoms with Crippen LogP contribution in [0.1, 0.15) is 48.1 Å². The summed E-state index contributed by atoms with van der Waals surface area (Å²) in [4.78, 5) is 14.9. The van der Waals surface area contributed by atoms with Crippen molar-refractivity contribution < 1.29 is 35.9 Å². The molecule has 0 bridgehead atoms. The summed E-state index contributed by atoms with van der Waals surface area (Å²) >= 11 is 0. The van der Waals surface area contributed by atoms with Crippen molar-refractivity contribution in [2.75, 3.05) is 13.2 Å². The van der Waals surface area contributed by atoms with Gasteiger partial charge in [-0.3, -0.25) is 15.5 Å². The lowest BCUT2D eigenvalue weighted by Crippen LogP contribution is -2.63. The number of ether oxygens (including phenoxy) is 1. The standard InChI is InChI=1S/C24H24F6N4O2/c1-15(16-10-18(23(25,26)27)12-19(11-16)24(28,29)30)36-14-21(17-6-4-3-5-7-17)8-9-22(32-2,13-33-21)34-20(31)35/h3-7,10-12,15,33H,8-9,13-14H2,1H3,(H3,31,34,35)/t15-,21-,22+/m1/s1. The second kappa shape index (κ2) is 9.99. The largest absolute Gasteiger partial charge is 0.416 e. The van der Waals surface area contributed by atoms with Crippen LogP contribution in [-0.2, 0) is 22.6 Å². The van der Waals surface area contributed by atoms with Crippen molar-refractivity contribution in [3.63, 3.8) is 0 Å². The number of piperidine rings is 1. The second-order valence-electron chi connectivity index (χ2n) is 8.73. The normalized spacial score (nSPS) is 23.5. The molecule has 2 amide bonds. The van der Waals surface area contributed by atoms with Crippen LogP contribution in [0.25, 0.3) is 4.85 Å². The zero-order valence-corrected chi connectivity index (χ0v) is 19.1. The smallest absolute Gasteiger partial charge is 0.372 e. The van der Waals surface area contributed by atoms with Gasteiger partial charge in [0.1, 0.15) is 0 Å². The Morgan fingerprint density at radius 1 is 1.11 bits per heavy atom. The van der Waals surface area contributed by atoms with Gasteiger partial charge in [0.05, 0.1) is 42.3 Å². The van der Waals surface area contributed by atoms with E-state index < -0.39 is 46.8 Å². The Labute approximate surface area is 203 Å². The number of nitrogens with zero attached hydrogens (tertiary/aromatic N) is 1. The SMILES string of the molecule is [C-]#[N+][C@]1(NC(N)=O)CC[C@@](CO[C@H](C)c2cc(C(F)(F)F)cc(C(F)(F)F)c2)(c2ccccc2)NC1. The molecular weight excluding hydrogens is 490 g/mol. The summed E-state index contributed by atoms with van der Waals surface area (Å²) in [5, 5.41) is 5.64. The molecule has 0 aliphatic carbocycles. The molecule has 0 spiro atoms. The van der Waals surface area contributed by atoms with E-state index in [0.29, 0.717) is 12.1 Å². The van der Waals surface area contributed by atoms with Crippen molar-refractivity contribution in [3.8, 4) is 0 Å². The lowest BCUT2D eigenvalue weighted by atomic mass is 9.79. The van der Waals surface area contributed by atoms with E-state index in [1.807, 2.05) is 0 Å². The molecule has 6 nitrogen and oxygen atoms in total. The minimum atomic E-state index is -4.97. The molecule has 1 fully saturated rings. The molecule has 194 valence electrons. The number of carbonyl (C=O) groups excluding carboxylic acids is 1. The molecule has 0 radical (unpaired) electrons. The number of halogens is 6. The van der Waals surface area contributed by atoms with E-state index in [4.69, 9.17) is 17.0 Å². The molecule has 2 aromatic carbocycles. The van der Waals surface area contributed by atoms with Crippen LogP contribution in [-0.4, -0.2) is 24.8 Å². The molecule has 1 aliphatic rings. The van der Waals surface area contributed by atoms with Crippen LogP contribution in [0.15, 0.2) is 48.5 Å².